The summed E-state index contributed by atoms with van der Waals surface area (Å²) in [6.07, 6.45) is 0. The number of rotatable bonds is 5. The van der Waals surface area contributed by atoms with E-state index in [1.54, 1.807) is 30.3 Å². The van der Waals surface area contributed by atoms with E-state index in [0.717, 1.165) is 0 Å². The number of hydrogen-bond acceptors (Lipinski definition) is 3. The second kappa shape index (κ2) is 6.78. The van der Waals surface area contributed by atoms with E-state index >= 15 is 0 Å². The fraction of sp³-hybridized carbons (Fsp3) is 0.133. The van der Waals surface area contributed by atoms with Crippen molar-refractivity contribution in [3.8, 4) is 17.6 Å². The molecule has 0 aliphatic rings. The fourth-order valence-corrected chi connectivity index (χ4v) is 1.80. The maximum Gasteiger partial charge on any atom is 0.173 e. The first-order valence-electron chi connectivity index (χ1n) is 5.90. The maximum absolute atomic E-state index is 13.4. The average Bonchev–Trinajstić information content (AvgIpc) is 2.46. The Labute approximate surface area is 121 Å². The Kier molecular flexibility index (Phi) is 4.80. The Balaban J connectivity index is 1.86. The van der Waals surface area contributed by atoms with Gasteiger partial charge in [0, 0.05) is 0 Å². The predicted molar refractivity (Wildman–Crippen MR) is 73.6 cm³/mol. The number of para-hydroxylation sites is 1. The van der Waals surface area contributed by atoms with E-state index in [2.05, 4.69) is 0 Å². The molecule has 0 aliphatic carbocycles. The van der Waals surface area contributed by atoms with Gasteiger partial charge in [-0.3, -0.25) is 0 Å². The summed E-state index contributed by atoms with van der Waals surface area (Å²) >= 11 is 5.82. The van der Waals surface area contributed by atoms with Crippen LogP contribution in [0.5, 0.6) is 11.5 Å². The topological polar surface area (TPSA) is 42.2 Å². The zero-order valence-corrected chi connectivity index (χ0v) is 11.2. The second-order valence-electron chi connectivity index (χ2n) is 3.89. The third-order valence-corrected chi connectivity index (χ3v) is 2.78. The van der Waals surface area contributed by atoms with Gasteiger partial charge in [0.05, 0.1) is 16.7 Å². The van der Waals surface area contributed by atoms with Gasteiger partial charge in [-0.1, -0.05) is 23.7 Å². The van der Waals surface area contributed by atoms with E-state index in [4.69, 9.17) is 26.3 Å². The highest BCUT2D eigenvalue weighted by Gasteiger charge is 2.07. The molecular formula is C15H11ClFNO2. The van der Waals surface area contributed by atoms with E-state index < -0.39 is 5.82 Å². The summed E-state index contributed by atoms with van der Waals surface area (Å²) in [6.45, 7) is 0.372. The SMILES string of the molecule is N#Cc1cccc(OCCOc2c(F)cccc2Cl)c1. The van der Waals surface area contributed by atoms with E-state index in [0.29, 0.717) is 11.3 Å². The molecular weight excluding hydrogens is 281 g/mol. The van der Waals surface area contributed by atoms with Crippen LogP contribution in [-0.4, -0.2) is 13.2 Å². The number of benzene rings is 2. The molecule has 0 saturated carbocycles. The van der Waals surface area contributed by atoms with Gasteiger partial charge in [0.2, 0.25) is 0 Å². The number of ether oxygens (including phenoxy) is 2. The summed E-state index contributed by atoms with van der Waals surface area (Å²) in [4.78, 5) is 0. The minimum Gasteiger partial charge on any atom is -0.490 e. The van der Waals surface area contributed by atoms with Crippen molar-refractivity contribution < 1.29 is 13.9 Å². The first-order chi connectivity index (χ1) is 9.70. The van der Waals surface area contributed by atoms with E-state index in [9.17, 15) is 4.39 Å². The van der Waals surface area contributed by atoms with Gasteiger partial charge in [0.25, 0.3) is 0 Å². The van der Waals surface area contributed by atoms with Crippen molar-refractivity contribution in [1.82, 2.24) is 0 Å². The first kappa shape index (κ1) is 14.2. The van der Waals surface area contributed by atoms with Crippen LogP contribution in [0.3, 0.4) is 0 Å². The molecule has 0 radical (unpaired) electrons. The van der Waals surface area contributed by atoms with Crippen molar-refractivity contribution in [2.75, 3.05) is 13.2 Å². The molecule has 0 N–H and O–H groups in total. The minimum atomic E-state index is -0.510. The van der Waals surface area contributed by atoms with Gasteiger partial charge >= 0.3 is 0 Å². The molecule has 5 heteroatoms. The molecule has 0 heterocycles. The molecule has 20 heavy (non-hydrogen) atoms. The van der Waals surface area contributed by atoms with Crippen LogP contribution in [0.25, 0.3) is 0 Å². The lowest BCUT2D eigenvalue weighted by molar-refractivity contribution is 0.211. The fourth-order valence-electron chi connectivity index (χ4n) is 1.58. The molecule has 102 valence electrons. The van der Waals surface area contributed by atoms with Gasteiger partial charge in [0.15, 0.2) is 11.6 Å². The Morgan fingerprint density at radius 3 is 2.60 bits per heavy atom. The predicted octanol–water partition coefficient (Wildman–Crippen LogP) is 3.81. The largest absolute Gasteiger partial charge is 0.490 e. The molecule has 0 atom stereocenters. The van der Waals surface area contributed by atoms with Gasteiger partial charge in [-0.2, -0.15) is 5.26 Å². The van der Waals surface area contributed by atoms with Crippen LogP contribution >= 0.6 is 11.6 Å². The molecule has 0 aliphatic heterocycles. The van der Waals surface area contributed by atoms with E-state index in [1.807, 2.05) is 6.07 Å². The minimum absolute atomic E-state index is 0.0172. The standard InChI is InChI=1S/C15H11ClFNO2/c16-13-5-2-6-14(17)15(13)20-8-7-19-12-4-1-3-11(9-12)10-18/h1-6,9H,7-8H2. The second-order valence-corrected chi connectivity index (χ2v) is 4.29. The van der Waals surface area contributed by atoms with Gasteiger partial charge < -0.3 is 9.47 Å². The number of nitriles is 1. The third kappa shape index (κ3) is 3.62. The van der Waals surface area contributed by atoms with Crippen molar-refractivity contribution in [2.24, 2.45) is 0 Å². The third-order valence-electron chi connectivity index (χ3n) is 2.48. The van der Waals surface area contributed by atoms with E-state index in [-0.39, 0.29) is 24.0 Å². The first-order valence-corrected chi connectivity index (χ1v) is 6.28. The number of nitrogens with zero attached hydrogens (tertiary/aromatic N) is 1. The van der Waals surface area contributed by atoms with Gasteiger partial charge in [-0.15, -0.1) is 0 Å². The Hall–Kier alpha value is -2.25. The van der Waals surface area contributed by atoms with Crippen LogP contribution in [-0.2, 0) is 0 Å². The summed E-state index contributed by atoms with van der Waals surface area (Å²) in [6, 6.07) is 13.1. The van der Waals surface area contributed by atoms with Crippen LogP contribution in [0.15, 0.2) is 42.5 Å². The van der Waals surface area contributed by atoms with Crippen LogP contribution < -0.4 is 9.47 Å². The van der Waals surface area contributed by atoms with Gasteiger partial charge in [0.1, 0.15) is 19.0 Å². The van der Waals surface area contributed by atoms with E-state index in [1.165, 1.54) is 12.1 Å². The highest BCUT2D eigenvalue weighted by Crippen LogP contribution is 2.27. The van der Waals surface area contributed by atoms with Crippen molar-refractivity contribution in [3.05, 3.63) is 58.9 Å². The molecule has 2 aromatic carbocycles. The normalized spacial score (nSPS) is 9.85. The average molecular weight is 292 g/mol. The zero-order valence-electron chi connectivity index (χ0n) is 10.5. The number of halogens is 2. The lowest BCUT2D eigenvalue weighted by Crippen LogP contribution is -2.10. The van der Waals surface area contributed by atoms with Crippen LogP contribution in [0.2, 0.25) is 5.02 Å². The van der Waals surface area contributed by atoms with Crippen molar-refractivity contribution in [2.45, 2.75) is 0 Å². The van der Waals surface area contributed by atoms with Crippen molar-refractivity contribution in [1.29, 1.82) is 5.26 Å². The van der Waals surface area contributed by atoms with Crippen LogP contribution in [0.1, 0.15) is 5.56 Å². The summed E-state index contributed by atoms with van der Waals surface area (Å²) in [5.41, 5.74) is 0.514. The zero-order chi connectivity index (χ0) is 14.4. The molecule has 0 fully saturated rings. The van der Waals surface area contributed by atoms with Gasteiger partial charge in [-0.25, -0.2) is 4.39 Å². The van der Waals surface area contributed by atoms with Crippen molar-refractivity contribution >= 4 is 11.6 Å². The molecule has 0 aromatic heterocycles. The lowest BCUT2D eigenvalue weighted by atomic mass is 10.2. The monoisotopic (exact) mass is 291 g/mol. The smallest absolute Gasteiger partial charge is 0.173 e. The Morgan fingerprint density at radius 1 is 1.10 bits per heavy atom. The Bertz CT molecular complexity index is 620. The molecule has 0 amide bonds. The maximum atomic E-state index is 13.4. The highest BCUT2D eigenvalue weighted by atomic mass is 35.5. The highest BCUT2D eigenvalue weighted by molar-refractivity contribution is 6.32. The van der Waals surface area contributed by atoms with Crippen LogP contribution in [0.4, 0.5) is 4.39 Å². The molecule has 0 bridgehead atoms. The molecule has 2 aromatic rings. The summed E-state index contributed by atoms with van der Waals surface area (Å²) in [5, 5.41) is 8.98. The summed E-state index contributed by atoms with van der Waals surface area (Å²) in [7, 11) is 0. The molecule has 0 unspecified atom stereocenters. The van der Waals surface area contributed by atoms with Gasteiger partial charge in [-0.05, 0) is 30.3 Å². The Morgan fingerprint density at radius 2 is 1.85 bits per heavy atom. The summed E-state index contributed by atoms with van der Waals surface area (Å²) < 4.78 is 24.1. The number of hydrogen-bond donors (Lipinski definition) is 0. The van der Waals surface area contributed by atoms with Crippen LogP contribution in [0, 0.1) is 17.1 Å². The molecule has 0 saturated heterocycles. The molecule has 3 nitrogen and oxygen atoms in total. The lowest BCUT2D eigenvalue weighted by Gasteiger charge is -2.10. The molecule has 0 spiro atoms. The molecule has 2 rings (SSSR count). The van der Waals surface area contributed by atoms with Crippen molar-refractivity contribution in [3.63, 3.8) is 0 Å². The summed E-state index contributed by atoms with van der Waals surface area (Å²) in [5.74, 6) is 0.0693. The quantitative estimate of drug-likeness (QED) is 0.787.